The molecule has 0 aromatic carbocycles. The van der Waals surface area contributed by atoms with Gasteiger partial charge in [-0.3, -0.25) is 10.1 Å². The van der Waals surface area contributed by atoms with E-state index in [-0.39, 0.29) is 28.9 Å². The minimum Gasteiger partial charge on any atom is -0.377 e. The van der Waals surface area contributed by atoms with Gasteiger partial charge in [-0.25, -0.2) is 9.97 Å². The zero-order valence-electron chi connectivity index (χ0n) is 10.4. The Morgan fingerprint density at radius 1 is 1.37 bits per heavy atom. The summed E-state index contributed by atoms with van der Waals surface area (Å²) in [5.74, 6) is 0.187. The summed E-state index contributed by atoms with van der Waals surface area (Å²) in [5, 5.41) is 10.9. The van der Waals surface area contributed by atoms with Crippen molar-refractivity contribution in [2.75, 3.05) is 32.2 Å². The van der Waals surface area contributed by atoms with Crippen molar-refractivity contribution in [1.82, 2.24) is 9.97 Å². The molecule has 1 aromatic rings. The fourth-order valence-electron chi connectivity index (χ4n) is 2.11. The molecule has 104 valence electrons. The van der Waals surface area contributed by atoms with Gasteiger partial charge in [0.25, 0.3) is 0 Å². The third kappa shape index (κ3) is 2.60. The molecule has 0 bridgehead atoms. The predicted molar refractivity (Wildman–Crippen MR) is 67.5 cm³/mol. The molecule has 2 rings (SSSR count). The lowest BCUT2D eigenvalue weighted by atomic mass is 10.3. The van der Waals surface area contributed by atoms with Crippen LogP contribution >= 0.6 is 11.6 Å². The van der Waals surface area contributed by atoms with E-state index in [2.05, 4.69) is 9.97 Å². The maximum Gasteiger partial charge on any atom is 0.348 e. The van der Waals surface area contributed by atoms with Gasteiger partial charge in [0.15, 0.2) is 0 Å². The molecule has 19 heavy (non-hydrogen) atoms. The number of ether oxygens (including phenoxy) is 2. The summed E-state index contributed by atoms with van der Waals surface area (Å²) in [5.41, 5.74) is -0.296. The summed E-state index contributed by atoms with van der Waals surface area (Å²) in [6.07, 6.45) is 0.865. The van der Waals surface area contributed by atoms with Gasteiger partial charge < -0.3 is 14.4 Å². The van der Waals surface area contributed by atoms with Crippen molar-refractivity contribution < 1.29 is 14.4 Å². The maximum absolute atomic E-state index is 11.1. The molecule has 1 saturated heterocycles. The Hall–Kier alpha value is -1.51. The van der Waals surface area contributed by atoms with Crippen LogP contribution in [0.5, 0.6) is 0 Å². The van der Waals surface area contributed by atoms with Gasteiger partial charge in [-0.2, -0.15) is 0 Å². The fourth-order valence-corrected chi connectivity index (χ4v) is 2.30. The van der Waals surface area contributed by atoms with Gasteiger partial charge in [-0.1, -0.05) is 11.6 Å². The molecule has 2 unspecified atom stereocenters. The van der Waals surface area contributed by atoms with E-state index in [1.54, 1.807) is 19.1 Å². The zero-order valence-corrected chi connectivity index (χ0v) is 11.2. The lowest BCUT2D eigenvalue weighted by Crippen LogP contribution is -2.27. The van der Waals surface area contributed by atoms with Crippen molar-refractivity contribution in [2.45, 2.75) is 12.2 Å². The Balaban J connectivity index is 2.33. The Morgan fingerprint density at radius 2 is 1.95 bits per heavy atom. The fraction of sp³-hybridized carbons (Fsp3) is 0.600. The van der Waals surface area contributed by atoms with Gasteiger partial charge in [0.05, 0.1) is 4.92 Å². The number of hydrogen-bond acceptors (Lipinski definition) is 7. The molecule has 9 heteroatoms. The first kappa shape index (κ1) is 13.9. The minimum absolute atomic E-state index is 0.168. The second kappa shape index (κ2) is 5.64. The van der Waals surface area contributed by atoms with Gasteiger partial charge >= 0.3 is 5.69 Å². The predicted octanol–water partition coefficient (Wildman–Crippen LogP) is 0.888. The molecule has 0 aliphatic carbocycles. The molecule has 0 spiro atoms. The van der Waals surface area contributed by atoms with E-state index in [4.69, 9.17) is 21.1 Å². The van der Waals surface area contributed by atoms with Crippen molar-refractivity contribution in [3.63, 3.8) is 0 Å². The summed E-state index contributed by atoms with van der Waals surface area (Å²) < 4.78 is 10.6. The van der Waals surface area contributed by atoms with E-state index >= 15 is 0 Å². The first-order chi connectivity index (χ1) is 9.08. The maximum atomic E-state index is 11.1. The van der Waals surface area contributed by atoms with Crippen LogP contribution in [-0.4, -0.2) is 54.4 Å². The second-order valence-electron chi connectivity index (χ2n) is 4.05. The Bertz CT molecular complexity index is 475. The molecule has 1 aliphatic heterocycles. The van der Waals surface area contributed by atoms with Gasteiger partial charge in [0, 0.05) is 27.3 Å². The van der Waals surface area contributed by atoms with Crippen LogP contribution in [0.3, 0.4) is 0 Å². The largest absolute Gasteiger partial charge is 0.377 e. The molecule has 0 radical (unpaired) electrons. The molecule has 1 aromatic heterocycles. The van der Waals surface area contributed by atoms with E-state index in [1.807, 2.05) is 0 Å². The topological polar surface area (TPSA) is 90.6 Å². The highest BCUT2D eigenvalue weighted by Crippen LogP contribution is 2.33. The van der Waals surface area contributed by atoms with Crippen LogP contribution in [0.1, 0.15) is 0 Å². The summed E-state index contributed by atoms with van der Waals surface area (Å²) in [6, 6.07) is 0. The number of nitro groups is 1. The van der Waals surface area contributed by atoms with Crippen molar-refractivity contribution in [2.24, 2.45) is 0 Å². The van der Waals surface area contributed by atoms with E-state index in [0.29, 0.717) is 13.1 Å². The number of methoxy groups -OCH3 is 2. The number of hydrogen-bond donors (Lipinski definition) is 0. The van der Waals surface area contributed by atoms with Crippen LogP contribution in [0.25, 0.3) is 0 Å². The highest BCUT2D eigenvalue weighted by Gasteiger charge is 2.37. The number of halogens is 1. The quantitative estimate of drug-likeness (QED) is 0.461. The molecule has 1 aliphatic rings. The van der Waals surface area contributed by atoms with E-state index in [1.165, 1.54) is 6.33 Å². The zero-order chi connectivity index (χ0) is 14.0. The average molecular weight is 289 g/mol. The normalized spacial score (nSPS) is 22.8. The summed E-state index contributed by atoms with van der Waals surface area (Å²) >= 11 is 5.76. The lowest BCUT2D eigenvalue weighted by molar-refractivity contribution is -0.384. The molecule has 0 N–H and O–H groups in total. The van der Waals surface area contributed by atoms with Gasteiger partial charge in [-0.05, 0) is 0 Å². The van der Waals surface area contributed by atoms with E-state index in [9.17, 15) is 10.1 Å². The molecular formula is C10H13ClN4O4. The van der Waals surface area contributed by atoms with Crippen molar-refractivity contribution >= 4 is 23.1 Å². The monoisotopic (exact) mass is 288 g/mol. The number of nitrogens with zero attached hydrogens (tertiary/aromatic N) is 4. The van der Waals surface area contributed by atoms with Crippen LogP contribution in [-0.2, 0) is 9.47 Å². The highest BCUT2D eigenvalue weighted by atomic mass is 35.5. The molecule has 0 saturated carbocycles. The summed E-state index contributed by atoms with van der Waals surface area (Å²) in [4.78, 5) is 19.8. The SMILES string of the molecule is COC1CN(c2ncnc(Cl)c2[N+](=O)[O-])CC1OC. The van der Waals surface area contributed by atoms with E-state index < -0.39 is 4.92 Å². The van der Waals surface area contributed by atoms with Crippen LogP contribution in [0.4, 0.5) is 11.5 Å². The number of aromatic nitrogens is 2. The van der Waals surface area contributed by atoms with Crippen LogP contribution in [0, 0.1) is 10.1 Å². The molecule has 2 heterocycles. The summed E-state index contributed by atoms with van der Waals surface area (Å²) in [6.45, 7) is 0.895. The Labute approximate surface area is 114 Å². The van der Waals surface area contributed by atoms with Gasteiger partial charge in [-0.15, -0.1) is 0 Å². The second-order valence-corrected chi connectivity index (χ2v) is 4.41. The Morgan fingerprint density at radius 3 is 2.42 bits per heavy atom. The van der Waals surface area contributed by atoms with Crippen LogP contribution in [0.2, 0.25) is 5.15 Å². The highest BCUT2D eigenvalue weighted by molar-refractivity contribution is 6.31. The average Bonchev–Trinajstić information content (AvgIpc) is 2.81. The molecule has 0 amide bonds. The third-order valence-corrected chi connectivity index (χ3v) is 3.34. The van der Waals surface area contributed by atoms with Crippen LogP contribution in [0.15, 0.2) is 6.33 Å². The van der Waals surface area contributed by atoms with Crippen molar-refractivity contribution in [1.29, 1.82) is 0 Å². The lowest BCUT2D eigenvalue weighted by Gasteiger charge is -2.16. The first-order valence-electron chi connectivity index (χ1n) is 5.54. The smallest absolute Gasteiger partial charge is 0.348 e. The van der Waals surface area contributed by atoms with E-state index in [0.717, 1.165) is 0 Å². The molecular weight excluding hydrogens is 276 g/mol. The molecule has 2 atom stereocenters. The first-order valence-corrected chi connectivity index (χ1v) is 5.91. The third-order valence-electron chi connectivity index (χ3n) is 3.06. The van der Waals surface area contributed by atoms with Gasteiger partial charge in [0.2, 0.25) is 11.0 Å². The number of anilines is 1. The van der Waals surface area contributed by atoms with Crippen LogP contribution < -0.4 is 4.90 Å². The Kier molecular flexibility index (Phi) is 4.13. The van der Waals surface area contributed by atoms with Crippen molar-refractivity contribution in [3.8, 4) is 0 Å². The van der Waals surface area contributed by atoms with Gasteiger partial charge in [0.1, 0.15) is 18.5 Å². The molecule has 1 fully saturated rings. The molecule has 8 nitrogen and oxygen atoms in total. The summed E-state index contributed by atoms with van der Waals surface area (Å²) in [7, 11) is 3.14. The number of rotatable bonds is 4. The standard InChI is InChI=1S/C10H13ClN4O4/c1-18-6-3-14(4-7(6)19-2)10-8(15(16)17)9(11)12-5-13-10/h5-7H,3-4H2,1-2H3. The van der Waals surface area contributed by atoms with Crippen molar-refractivity contribution in [3.05, 3.63) is 21.6 Å². The minimum atomic E-state index is -0.584.